The molecular weight excluding hydrogens is 237 g/mol. The van der Waals surface area contributed by atoms with Gasteiger partial charge in [0.15, 0.2) is 0 Å². The molecule has 0 saturated heterocycles. The number of hydrogen-bond donors (Lipinski definition) is 1. The molecule has 0 fully saturated rings. The van der Waals surface area contributed by atoms with Crippen LogP contribution in [0.2, 0.25) is 0 Å². The number of hydrogen-bond acceptors (Lipinski definition) is 1. The Morgan fingerprint density at radius 3 is 2.85 bits per heavy atom. The van der Waals surface area contributed by atoms with Crippen molar-refractivity contribution in [1.82, 2.24) is 4.98 Å². The highest BCUT2D eigenvalue weighted by molar-refractivity contribution is 9.10. The Hall–Kier alpha value is -1.16. The fourth-order valence-electron chi connectivity index (χ4n) is 1.19. The summed E-state index contributed by atoms with van der Waals surface area (Å²) in [7, 11) is 0. The summed E-state index contributed by atoms with van der Waals surface area (Å²) < 4.78 is 14.0. The second-order valence-corrected chi connectivity index (χ2v) is 3.59. The van der Waals surface area contributed by atoms with E-state index in [9.17, 15) is 9.18 Å². The summed E-state index contributed by atoms with van der Waals surface area (Å²) in [6.45, 7) is 0. The summed E-state index contributed by atoms with van der Waals surface area (Å²) in [6.07, 6.45) is 0. The van der Waals surface area contributed by atoms with Crippen LogP contribution in [-0.2, 0) is 0 Å². The van der Waals surface area contributed by atoms with E-state index >= 15 is 0 Å². The SMILES string of the molecule is O=c1cc(F)c2ccc(Br)cc2[nH]1. The number of benzene rings is 1. The van der Waals surface area contributed by atoms with Gasteiger partial charge in [0.2, 0.25) is 0 Å². The van der Waals surface area contributed by atoms with Crippen LogP contribution in [0.4, 0.5) is 4.39 Å². The number of pyridine rings is 1. The van der Waals surface area contributed by atoms with Crippen molar-refractivity contribution in [2.24, 2.45) is 0 Å². The highest BCUT2D eigenvalue weighted by Gasteiger charge is 2.01. The molecule has 0 unspecified atom stereocenters. The van der Waals surface area contributed by atoms with Crippen LogP contribution in [0, 0.1) is 5.82 Å². The zero-order valence-corrected chi connectivity index (χ0v) is 8.06. The van der Waals surface area contributed by atoms with Crippen molar-refractivity contribution in [2.75, 3.05) is 0 Å². The summed E-state index contributed by atoms with van der Waals surface area (Å²) in [5.41, 5.74) is 0.0717. The van der Waals surface area contributed by atoms with E-state index in [0.717, 1.165) is 10.5 Å². The molecule has 2 rings (SSSR count). The van der Waals surface area contributed by atoms with Gasteiger partial charge in [-0.15, -0.1) is 0 Å². The van der Waals surface area contributed by atoms with E-state index in [1.165, 1.54) is 0 Å². The van der Waals surface area contributed by atoms with Crippen molar-refractivity contribution >= 4 is 26.8 Å². The third-order valence-electron chi connectivity index (χ3n) is 1.75. The van der Waals surface area contributed by atoms with Crippen molar-refractivity contribution < 1.29 is 4.39 Å². The summed E-state index contributed by atoms with van der Waals surface area (Å²) in [5.74, 6) is -0.494. The molecule has 0 aliphatic carbocycles. The van der Waals surface area contributed by atoms with E-state index in [1.54, 1.807) is 18.2 Å². The lowest BCUT2D eigenvalue weighted by molar-refractivity contribution is 0.637. The first kappa shape index (κ1) is 8.44. The lowest BCUT2D eigenvalue weighted by atomic mass is 10.2. The van der Waals surface area contributed by atoms with Crippen LogP contribution in [0.5, 0.6) is 0 Å². The number of nitrogens with one attached hydrogen (secondary N) is 1. The van der Waals surface area contributed by atoms with E-state index in [1.807, 2.05) is 0 Å². The van der Waals surface area contributed by atoms with Gasteiger partial charge in [0.05, 0.1) is 5.52 Å². The van der Waals surface area contributed by atoms with Gasteiger partial charge in [0.1, 0.15) is 5.82 Å². The molecule has 4 heteroatoms. The first-order chi connectivity index (χ1) is 6.16. The molecule has 0 aliphatic heterocycles. The van der Waals surface area contributed by atoms with E-state index in [4.69, 9.17) is 0 Å². The highest BCUT2D eigenvalue weighted by atomic mass is 79.9. The predicted molar refractivity (Wildman–Crippen MR) is 52.2 cm³/mol. The molecule has 0 saturated carbocycles. The Morgan fingerprint density at radius 1 is 1.31 bits per heavy atom. The minimum atomic E-state index is -0.494. The predicted octanol–water partition coefficient (Wildman–Crippen LogP) is 2.43. The molecule has 0 spiro atoms. The Bertz CT molecular complexity index is 520. The fourth-order valence-corrected chi connectivity index (χ4v) is 1.55. The number of halogens is 2. The molecule has 0 amide bonds. The molecule has 2 nitrogen and oxygen atoms in total. The smallest absolute Gasteiger partial charge is 0.251 e. The molecule has 0 bridgehead atoms. The van der Waals surface area contributed by atoms with Gasteiger partial charge in [0.25, 0.3) is 5.56 Å². The third kappa shape index (κ3) is 1.49. The number of fused-ring (bicyclic) bond motifs is 1. The van der Waals surface area contributed by atoms with Crippen LogP contribution in [0.25, 0.3) is 10.9 Å². The number of aromatic nitrogens is 1. The molecule has 1 heterocycles. The van der Waals surface area contributed by atoms with Crippen molar-refractivity contribution in [3.05, 3.63) is 44.9 Å². The largest absolute Gasteiger partial charge is 0.322 e. The third-order valence-corrected chi connectivity index (χ3v) is 2.25. The van der Waals surface area contributed by atoms with Crippen LogP contribution in [0.15, 0.2) is 33.5 Å². The molecule has 66 valence electrons. The summed E-state index contributed by atoms with van der Waals surface area (Å²) >= 11 is 3.24. The zero-order chi connectivity index (χ0) is 9.42. The topological polar surface area (TPSA) is 32.9 Å². The molecule has 1 aromatic carbocycles. The van der Waals surface area contributed by atoms with Crippen LogP contribution < -0.4 is 5.56 Å². The van der Waals surface area contributed by atoms with Gasteiger partial charge in [-0.05, 0) is 18.2 Å². The van der Waals surface area contributed by atoms with Gasteiger partial charge >= 0.3 is 0 Å². The number of aromatic amines is 1. The Morgan fingerprint density at radius 2 is 2.08 bits per heavy atom. The molecule has 2 aromatic rings. The minimum Gasteiger partial charge on any atom is -0.322 e. The van der Waals surface area contributed by atoms with Gasteiger partial charge in [-0.2, -0.15) is 0 Å². The maximum Gasteiger partial charge on any atom is 0.251 e. The summed E-state index contributed by atoms with van der Waals surface area (Å²) in [4.78, 5) is 13.5. The van der Waals surface area contributed by atoms with Crippen molar-refractivity contribution in [2.45, 2.75) is 0 Å². The van der Waals surface area contributed by atoms with E-state index in [-0.39, 0.29) is 0 Å². The van der Waals surface area contributed by atoms with Gasteiger partial charge in [-0.1, -0.05) is 15.9 Å². The standard InChI is InChI=1S/C9H5BrFNO/c10-5-1-2-6-7(11)4-9(13)12-8(6)3-5/h1-4H,(H,12,13). The molecule has 0 aliphatic rings. The molecule has 0 radical (unpaired) electrons. The second kappa shape index (κ2) is 2.96. The normalized spacial score (nSPS) is 10.6. The van der Waals surface area contributed by atoms with Crippen molar-refractivity contribution in [3.63, 3.8) is 0 Å². The van der Waals surface area contributed by atoms with Crippen LogP contribution >= 0.6 is 15.9 Å². The quantitative estimate of drug-likeness (QED) is 0.756. The van der Waals surface area contributed by atoms with Gasteiger partial charge < -0.3 is 4.98 Å². The lowest BCUT2D eigenvalue weighted by Gasteiger charge is -1.98. The Labute approximate surface area is 81.5 Å². The summed E-state index contributed by atoms with van der Waals surface area (Å²) in [5, 5.41) is 0.419. The average molecular weight is 242 g/mol. The number of rotatable bonds is 0. The molecule has 0 atom stereocenters. The van der Waals surface area contributed by atoms with E-state index in [0.29, 0.717) is 10.9 Å². The fraction of sp³-hybridized carbons (Fsp3) is 0. The molecule has 1 N–H and O–H groups in total. The van der Waals surface area contributed by atoms with Gasteiger partial charge in [-0.25, -0.2) is 4.39 Å². The van der Waals surface area contributed by atoms with Crippen molar-refractivity contribution in [3.8, 4) is 0 Å². The molecule has 1 aromatic heterocycles. The van der Waals surface area contributed by atoms with Crippen LogP contribution in [-0.4, -0.2) is 4.98 Å². The van der Waals surface area contributed by atoms with E-state index < -0.39 is 11.4 Å². The monoisotopic (exact) mass is 241 g/mol. The first-order valence-electron chi connectivity index (χ1n) is 3.65. The maximum absolute atomic E-state index is 13.1. The first-order valence-corrected chi connectivity index (χ1v) is 4.44. The van der Waals surface area contributed by atoms with Gasteiger partial charge in [-0.3, -0.25) is 4.79 Å². The maximum atomic E-state index is 13.1. The van der Waals surface area contributed by atoms with Crippen molar-refractivity contribution in [1.29, 1.82) is 0 Å². The molecular formula is C9H5BrFNO. The van der Waals surface area contributed by atoms with Crippen LogP contribution in [0.1, 0.15) is 0 Å². The van der Waals surface area contributed by atoms with Gasteiger partial charge in [0, 0.05) is 15.9 Å². The Balaban J connectivity index is 2.94. The zero-order valence-electron chi connectivity index (χ0n) is 6.47. The Kier molecular flexibility index (Phi) is 1.92. The minimum absolute atomic E-state index is 0.419. The number of H-pyrrole nitrogens is 1. The molecule has 13 heavy (non-hydrogen) atoms. The summed E-state index contributed by atoms with van der Waals surface area (Å²) in [6, 6.07) is 5.95. The lowest BCUT2D eigenvalue weighted by Crippen LogP contribution is -2.05. The average Bonchev–Trinajstić information content (AvgIpc) is 2.02. The van der Waals surface area contributed by atoms with Crippen LogP contribution in [0.3, 0.4) is 0 Å². The second-order valence-electron chi connectivity index (χ2n) is 2.67. The highest BCUT2D eigenvalue weighted by Crippen LogP contribution is 2.18. The van der Waals surface area contributed by atoms with E-state index in [2.05, 4.69) is 20.9 Å².